The molecule has 0 heterocycles. The summed E-state index contributed by atoms with van der Waals surface area (Å²) in [6, 6.07) is 72.3. The lowest BCUT2D eigenvalue weighted by atomic mass is 9.70. The zero-order valence-electron chi connectivity index (χ0n) is 40.2. The summed E-state index contributed by atoms with van der Waals surface area (Å²) < 4.78 is 0. The minimum absolute atomic E-state index is 0.402. The van der Waals surface area contributed by atoms with Crippen LogP contribution in [0.15, 0.2) is 206 Å². The van der Waals surface area contributed by atoms with Crippen LogP contribution in [-0.4, -0.2) is 0 Å². The van der Waals surface area contributed by atoms with Gasteiger partial charge in [0, 0.05) is 34.1 Å². The number of aryl methyl sites for hydroxylation is 1. The maximum Gasteiger partial charge on any atom is 0.0991 e. The molecule has 9 aromatic rings. The molecular weight excluding hydrogens is 849 g/mol. The van der Waals surface area contributed by atoms with E-state index in [2.05, 4.69) is 209 Å². The highest BCUT2D eigenvalue weighted by Gasteiger charge is 2.52. The molecule has 0 saturated heterocycles. The van der Waals surface area contributed by atoms with Crippen molar-refractivity contribution in [2.24, 2.45) is 0 Å². The fraction of sp³-hybridized carbons (Fsp3) is 0.121. The lowest BCUT2D eigenvalue weighted by Crippen LogP contribution is -2.26. The summed E-state index contributed by atoms with van der Waals surface area (Å²) in [7, 11) is 0. The van der Waals surface area contributed by atoms with Crippen LogP contribution in [0.3, 0.4) is 0 Å². The summed E-state index contributed by atoms with van der Waals surface area (Å²) in [4.78, 5) is 4.53. The summed E-state index contributed by atoms with van der Waals surface area (Å²) in [5, 5.41) is 21.7. The van der Waals surface area contributed by atoms with E-state index in [-0.39, 0.29) is 0 Å². The second-order valence-electron chi connectivity index (χ2n) is 19.3. The van der Waals surface area contributed by atoms with Crippen LogP contribution in [0.5, 0.6) is 0 Å². The second-order valence-corrected chi connectivity index (χ2v) is 19.3. The highest BCUT2D eigenvalue weighted by molar-refractivity contribution is 6.01. The first-order valence-corrected chi connectivity index (χ1v) is 24.2. The third-order valence-corrected chi connectivity index (χ3v) is 14.6. The van der Waals surface area contributed by atoms with Crippen molar-refractivity contribution in [1.82, 2.24) is 0 Å². The molecule has 336 valence electrons. The molecule has 0 aliphatic heterocycles. The quantitative estimate of drug-likeness (QED) is 0.128. The topological polar surface area (TPSA) is 54.1 Å². The molecule has 0 bridgehead atoms. The highest BCUT2D eigenvalue weighted by atomic mass is 15.1. The van der Waals surface area contributed by atoms with Crippen LogP contribution < -0.4 is 9.80 Å². The van der Waals surface area contributed by atoms with E-state index in [9.17, 15) is 10.5 Å². The van der Waals surface area contributed by atoms with Gasteiger partial charge in [0.1, 0.15) is 0 Å². The summed E-state index contributed by atoms with van der Waals surface area (Å²) in [6.07, 6.45) is 4.21. The molecule has 2 aliphatic carbocycles. The number of hydrogen-bond acceptors (Lipinski definition) is 4. The van der Waals surface area contributed by atoms with Gasteiger partial charge in [-0.3, -0.25) is 0 Å². The SMILES string of the molecule is C=C/C(=C\c1cc2c(cc1C)-c1cc3ccc(N(c4ccc(C#N)cc4)c4ccc(C(C)C)cc4)cc3cc1C21c2ccccc2-c2ccccc21)N(c1ccc(C#N)cc1)c1ccc(C(C)C)cc1. The number of nitrogens with zero attached hydrogens (tertiary/aromatic N) is 4. The van der Waals surface area contributed by atoms with Gasteiger partial charge in [0.05, 0.1) is 28.7 Å². The Labute approximate surface area is 412 Å². The number of nitriles is 2. The molecule has 1 spiro atoms. The van der Waals surface area contributed by atoms with Gasteiger partial charge < -0.3 is 9.80 Å². The predicted molar refractivity (Wildman–Crippen MR) is 290 cm³/mol. The van der Waals surface area contributed by atoms with Gasteiger partial charge in [0.25, 0.3) is 0 Å². The Bertz CT molecular complexity index is 3590. The third-order valence-electron chi connectivity index (χ3n) is 14.6. The van der Waals surface area contributed by atoms with Crippen molar-refractivity contribution >= 4 is 45.3 Å². The molecular formula is C66H52N4. The van der Waals surface area contributed by atoms with Gasteiger partial charge in [0.2, 0.25) is 0 Å². The van der Waals surface area contributed by atoms with E-state index in [1.54, 1.807) is 0 Å². The zero-order valence-corrected chi connectivity index (χ0v) is 40.2. The molecule has 0 aromatic heterocycles. The van der Waals surface area contributed by atoms with E-state index >= 15 is 0 Å². The molecule has 9 aromatic carbocycles. The van der Waals surface area contributed by atoms with Crippen molar-refractivity contribution in [2.45, 2.75) is 51.9 Å². The van der Waals surface area contributed by atoms with Crippen LogP contribution in [-0.2, 0) is 5.41 Å². The van der Waals surface area contributed by atoms with Crippen LogP contribution >= 0.6 is 0 Å². The molecule has 0 unspecified atom stereocenters. The van der Waals surface area contributed by atoms with Crippen LogP contribution in [0.4, 0.5) is 28.4 Å². The second kappa shape index (κ2) is 17.4. The normalized spacial score (nSPS) is 12.8. The number of anilines is 5. The van der Waals surface area contributed by atoms with Crippen molar-refractivity contribution in [2.75, 3.05) is 9.80 Å². The van der Waals surface area contributed by atoms with Crippen molar-refractivity contribution < 1.29 is 0 Å². The lowest BCUT2D eigenvalue weighted by Gasteiger charge is -2.31. The Morgan fingerprint density at radius 2 is 0.957 bits per heavy atom. The number of fused-ring (bicyclic) bond motifs is 11. The molecule has 0 N–H and O–H groups in total. The number of benzene rings is 9. The minimum Gasteiger partial charge on any atom is -0.311 e. The van der Waals surface area contributed by atoms with E-state index < -0.39 is 5.41 Å². The van der Waals surface area contributed by atoms with E-state index in [1.807, 2.05) is 54.6 Å². The Hall–Kier alpha value is -8.70. The first kappa shape index (κ1) is 43.8. The van der Waals surface area contributed by atoms with Gasteiger partial charge in [0.15, 0.2) is 0 Å². The Balaban J connectivity index is 1.12. The molecule has 4 nitrogen and oxygen atoms in total. The van der Waals surface area contributed by atoms with E-state index in [1.165, 1.54) is 55.6 Å². The van der Waals surface area contributed by atoms with Crippen LogP contribution in [0.1, 0.15) is 95.2 Å². The number of allylic oxidation sites excluding steroid dienone is 1. The zero-order chi connectivity index (χ0) is 48.3. The van der Waals surface area contributed by atoms with Crippen LogP contribution in [0, 0.1) is 29.6 Å². The van der Waals surface area contributed by atoms with Crippen molar-refractivity contribution in [3.05, 3.63) is 262 Å². The van der Waals surface area contributed by atoms with Crippen LogP contribution in [0.2, 0.25) is 0 Å². The monoisotopic (exact) mass is 900 g/mol. The average molecular weight is 901 g/mol. The minimum atomic E-state index is -0.592. The molecule has 0 amide bonds. The molecule has 0 saturated carbocycles. The first-order valence-electron chi connectivity index (χ1n) is 24.2. The van der Waals surface area contributed by atoms with E-state index in [4.69, 9.17) is 0 Å². The average Bonchev–Trinajstić information content (AvgIpc) is 3.84. The predicted octanol–water partition coefficient (Wildman–Crippen LogP) is 17.3. The summed E-state index contributed by atoms with van der Waals surface area (Å²) >= 11 is 0. The summed E-state index contributed by atoms with van der Waals surface area (Å²) in [5.41, 5.74) is 21.5. The van der Waals surface area contributed by atoms with Gasteiger partial charge in [-0.25, -0.2) is 0 Å². The van der Waals surface area contributed by atoms with Gasteiger partial charge >= 0.3 is 0 Å². The maximum atomic E-state index is 9.71. The fourth-order valence-electron chi connectivity index (χ4n) is 11.0. The van der Waals surface area contributed by atoms with E-state index in [0.717, 1.165) is 56.0 Å². The standard InChI is InChI=1S/C66H52N4/c1-7-52(69(53-25-16-45(40-67)17-26-53)55-29-20-47(21-30-55)42(2)3)35-50-38-64-60(34-44(50)6)61-37-49-24-33-57(70(54-27-18-46(41-68)19-28-54)56-31-22-48(23-32-56)43(4)5)36-51(49)39-65(61)66(64)62-14-10-8-12-58(62)59-13-9-11-15-63(59)66/h7-39,42-43H,1H2,2-6H3/b52-35+. The first-order chi connectivity index (χ1) is 34.1. The third kappa shape index (κ3) is 7.12. The molecule has 11 rings (SSSR count). The summed E-state index contributed by atoms with van der Waals surface area (Å²) in [5.74, 6) is 0.817. The molecule has 0 atom stereocenters. The number of rotatable bonds is 10. The molecule has 70 heavy (non-hydrogen) atoms. The Kier molecular flexibility index (Phi) is 10.9. The molecule has 0 radical (unpaired) electrons. The van der Waals surface area contributed by atoms with Gasteiger partial charge in [-0.05, 0) is 212 Å². The van der Waals surface area contributed by atoms with E-state index in [0.29, 0.717) is 23.0 Å². The molecule has 2 aliphatic rings. The molecule has 0 fully saturated rings. The fourth-order valence-corrected chi connectivity index (χ4v) is 11.0. The smallest absolute Gasteiger partial charge is 0.0991 e. The van der Waals surface area contributed by atoms with Crippen molar-refractivity contribution in [3.8, 4) is 34.4 Å². The number of hydrogen-bond donors (Lipinski definition) is 0. The van der Waals surface area contributed by atoms with Crippen molar-refractivity contribution in [3.63, 3.8) is 0 Å². The maximum absolute atomic E-state index is 9.71. The highest BCUT2D eigenvalue weighted by Crippen LogP contribution is 2.63. The molecule has 4 heteroatoms. The van der Waals surface area contributed by atoms with Gasteiger partial charge in [-0.15, -0.1) is 0 Å². The van der Waals surface area contributed by atoms with Crippen LogP contribution in [0.25, 0.3) is 39.1 Å². The lowest BCUT2D eigenvalue weighted by molar-refractivity contribution is 0.794. The summed E-state index contributed by atoms with van der Waals surface area (Å²) in [6.45, 7) is 15.5. The Morgan fingerprint density at radius 3 is 1.49 bits per heavy atom. The Morgan fingerprint density at radius 1 is 0.486 bits per heavy atom. The van der Waals surface area contributed by atoms with Crippen molar-refractivity contribution in [1.29, 1.82) is 10.5 Å². The largest absolute Gasteiger partial charge is 0.311 e. The van der Waals surface area contributed by atoms with Gasteiger partial charge in [-0.2, -0.15) is 10.5 Å². The van der Waals surface area contributed by atoms with Gasteiger partial charge in [-0.1, -0.05) is 119 Å².